The number of hydrogen-bond acceptors (Lipinski definition) is 4. The van der Waals surface area contributed by atoms with Crippen molar-refractivity contribution in [1.82, 2.24) is 5.32 Å². The Morgan fingerprint density at radius 1 is 1.17 bits per heavy atom. The lowest BCUT2D eigenvalue weighted by Gasteiger charge is -2.34. The lowest BCUT2D eigenvalue weighted by molar-refractivity contribution is 0.400. The summed E-state index contributed by atoms with van der Waals surface area (Å²) >= 11 is 1.70. The number of rotatable bonds is 8. The van der Waals surface area contributed by atoms with Crippen LogP contribution in [0.15, 0.2) is 100 Å². The van der Waals surface area contributed by atoms with E-state index in [0.717, 1.165) is 25.1 Å². The second kappa shape index (κ2) is 11.1. The average Bonchev–Trinajstić information content (AvgIpc) is 3.21. The lowest BCUT2D eigenvalue weighted by atomic mass is 9.69. The van der Waals surface area contributed by atoms with Gasteiger partial charge in [0.25, 0.3) is 0 Å². The van der Waals surface area contributed by atoms with Crippen molar-refractivity contribution in [3.63, 3.8) is 0 Å². The number of allylic oxidation sites excluding steroid dienone is 5. The number of dihydropyridines is 1. The molecule has 2 aliphatic carbocycles. The summed E-state index contributed by atoms with van der Waals surface area (Å²) < 4.78 is 0. The zero-order valence-electron chi connectivity index (χ0n) is 20.2. The first-order valence-corrected chi connectivity index (χ1v) is 13.6. The first-order chi connectivity index (χ1) is 17.3. The number of nitrogens with zero attached hydrogens (tertiary/aromatic N) is 2. The molecule has 1 N–H and O–H groups in total. The SMILES string of the molecule is C=N/C(=C\SC/N=C/C1Cc2ccccc2C12C=CCCC2)Cc1ccc(C2=CCNC=C2)cc1. The molecule has 3 nitrogen and oxygen atoms in total. The first-order valence-electron chi connectivity index (χ1n) is 12.5. The van der Waals surface area contributed by atoms with Crippen LogP contribution in [0.1, 0.15) is 41.5 Å². The third-order valence-electron chi connectivity index (χ3n) is 7.35. The van der Waals surface area contributed by atoms with Crippen molar-refractivity contribution in [1.29, 1.82) is 0 Å². The number of benzene rings is 2. The summed E-state index contributed by atoms with van der Waals surface area (Å²) in [5.41, 5.74) is 7.86. The number of thioether (sulfide) groups is 1. The lowest BCUT2D eigenvalue weighted by Crippen LogP contribution is -2.32. The van der Waals surface area contributed by atoms with Crippen LogP contribution in [0.3, 0.4) is 0 Å². The maximum Gasteiger partial charge on any atom is 0.0880 e. The van der Waals surface area contributed by atoms with Gasteiger partial charge in [0.15, 0.2) is 0 Å². The van der Waals surface area contributed by atoms with E-state index in [1.807, 2.05) is 6.20 Å². The molecular formula is C31H33N3S. The highest BCUT2D eigenvalue weighted by molar-refractivity contribution is 8.02. The fourth-order valence-corrected chi connectivity index (χ4v) is 6.15. The van der Waals surface area contributed by atoms with Crippen LogP contribution in [0, 0.1) is 5.92 Å². The molecule has 1 aliphatic heterocycles. The van der Waals surface area contributed by atoms with Gasteiger partial charge >= 0.3 is 0 Å². The molecule has 178 valence electrons. The van der Waals surface area contributed by atoms with Crippen LogP contribution in [-0.2, 0) is 18.3 Å². The Hall–Kier alpha value is -3.11. The molecule has 1 spiro atoms. The Bertz CT molecular complexity index is 1200. The Morgan fingerprint density at radius 3 is 2.83 bits per heavy atom. The van der Waals surface area contributed by atoms with E-state index in [0.29, 0.717) is 11.8 Å². The molecule has 0 saturated carbocycles. The molecule has 1 heterocycles. The zero-order valence-corrected chi connectivity index (χ0v) is 21.0. The molecule has 3 aliphatic rings. The maximum atomic E-state index is 4.84. The Kier molecular flexibility index (Phi) is 7.48. The monoisotopic (exact) mass is 479 g/mol. The summed E-state index contributed by atoms with van der Waals surface area (Å²) in [4.78, 5) is 9.11. The predicted octanol–water partition coefficient (Wildman–Crippen LogP) is 6.88. The second-order valence-electron chi connectivity index (χ2n) is 9.47. The van der Waals surface area contributed by atoms with E-state index in [1.54, 1.807) is 11.8 Å². The molecule has 35 heavy (non-hydrogen) atoms. The summed E-state index contributed by atoms with van der Waals surface area (Å²) in [5, 5.41) is 5.30. The van der Waals surface area contributed by atoms with Crippen LogP contribution in [0.4, 0.5) is 0 Å². The molecule has 5 rings (SSSR count). The molecule has 2 unspecified atom stereocenters. The Morgan fingerprint density at radius 2 is 2.06 bits per heavy atom. The van der Waals surface area contributed by atoms with Crippen molar-refractivity contribution in [2.24, 2.45) is 15.9 Å². The highest BCUT2D eigenvalue weighted by Gasteiger charge is 2.44. The van der Waals surface area contributed by atoms with Gasteiger partial charge in [0.05, 0.1) is 11.6 Å². The standard InChI is InChI=1S/C31H33N3S/c1-32-29(19-24-9-11-25(12-10-24)26-13-17-33-18-14-26)22-35-23-34-21-28-20-27-7-3-4-8-30(27)31(28)15-5-2-6-16-31/h3-5,7-15,17,21-22,28,33H,1-2,6,16,18-20,23H2/b29-22-,34-21+. The smallest absolute Gasteiger partial charge is 0.0880 e. The largest absolute Gasteiger partial charge is 0.387 e. The fraction of sp³-hybridized carbons (Fsp3) is 0.290. The van der Waals surface area contributed by atoms with E-state index in [2.05, 4.69) is 101 Å². The summed E-state index contributed by atoms with van der Waals surface area (Å²) in [6.45, 7) is 4.67. The number of hydrogen-bond donors (Lipinski definition) is 1. The van der Waals surface area contributed by atoms with E-state index >= 15 is 0 Å². The molecular weight excluding hydrogens is 446 g/mol. The number of fused-ring (bicyclic) bond motifs is 2. The molecule has 2 aromatic rings. The predicted molar refractivity (Wildman–Crippen MR) is 152 cm³/mol. The molecule has 4 heteroatoms. The van der Waals surface area contributed by atoms with E-state index in [1.165, 1.54) is 47.1 Å². The van der Waals surface area contributed by atoms with Gasteiger partial charge in [-0.15, -0.1) is 11.8 Å². The molecule has 2 aromatic carbocycles. The normalized spacial score (nSPS) is 23.4. The van der Waals surface area contributed by atoms with Crippen molar-refractivity contribution in [2.45, 2.75) is 37.5 Å². The van der Waals surface area contributed by atoms with Crippen molar-refractivity contribution in [2.75, 3.05) is 12.4 Å². The van der Waals surface area contributed by atoms with E-state index in [9.17, 15) is 0 Å². The third-order valence-corrected chi connectivity index (χ3v) is 8.08. The number of aliphatic imine (C=N–C) groups is 2. The minimum atomic E-state index is 0.138. The average molecular weight is 480 g/mol. The summed E-state index contributed by atoms with van der Waals surface area (Å²) in [6, 6.07) is 17.7. The molecule has 0 amide bonds. The summed E-state index contributed by atoms with van der Waals surface area (Å²) in [7, 11) is 0. The van der Waals surface area contributed by atoms with Crippen LogP contribution in [0.5, 0.6) is 0 Å². The van der Waals surface area contributed by atoms with Crippen LogP contribution in [0.2, 0.25) is 0 Å². The van der Waals surface area contributed by atoms with Crippen LogP contribution < -0.4 is 5.32 Å². The Balaban J connectivity index is 1.18. The van der Waals surface area contributed by atoms with Gasteiger partial charge in [0.1, 0.15) is 0 Å². The van der Waals surface area contributed by atoms with Gasteiger partial charge in [-0.3, -0.25) is 9.98 Å². The van der Waals surface area contributed by atoms with Crippen molar-refractivity contribution in [3.8, 4) is 0 Å². The van der Waals surface area contributed by atoms with Gasteiger partial charge < -0.3 is 5.32 Å². The van der Waals surface area contributed by atoms with Gasteiger partial charge in [-0.2, -0.15) is 0 Å². The van der Waals surface area contributed by atoms with Gasteiger partial charge in [-0.1, -0.05) is 66.8 Å². The minimum Gasteiger partial charge on any atom is -0.387 e. The fourth-order valence-electron chi connectivity index (χ4n) is 5.55. The summed E-state index contributed by atoms with van der Waals surface area (Å²) in [5.74, 6) is 1.15. The van der Waals surface area contributed by atoms with E-state index in [-0.39, 0.29) is 5.41 Å². The quantitative estimate of drug-likeness (QED) is 0.254. The van der Waals surface area contributed by atoms with Crippen molar-refractivity contribution >= 4 is 30.3 Å². The minimum absolute atomic E-state index is 0.138. The van der Waals surface area contributed by atoms with Crippen LogP contribution >= 0.6 is 11.8 Å². The number of nitrogens with one attached hydrogen (secondary N) is 1. The molecule has 0 aromatic heterocycles. The zero-order chi connectivity index (χ0) is 23.9. The van der Waals surface area contributed by atoms with Gasteiger partial charge in [0, 0.05) is 30.5 Å². The van der Waals surface area contributed by atoms with Crippen LogP contribution in [0.25, 0.3) is 5.57 Å². The van der Waals surface area contributed by atoms with E-state index < -0.39 is 0 Å². The molecule has 0 saturated heterocycles. The van der Waals surface area contributed by atoms with E-state index in [4.69, 9.17) is 4.99 Å². The van der Waals surface area contributed by atoms with Gasteiger partial charge in [-0.25, -0.2) is 0 Å². The Labute approximate surface area is 213 Å². The molecule has 0 radical (unpaired) electrons. The van der Waals surface area contributed by atoms with Gasteiger partial charge in [-0.05, 0) is 77.9 Å². The highest BCUT2D eigenvalue weighted by atomic mass is 32.2. The topological polar surface area (TPSA) is 36.8 Å². The summed E-state index contributed by atoms with van der Waals surface area (Å²) in [6.07, 6.45) is 18.9. The van der Waals surface area contributed by atoms with Crippen LogP contribution in [-0.4, -0.2) is 25.4 Å². The second-order valence-corrected chi connectivity index (χ2v) is 10.3. The highest BCUT2D eigenvalue weighted by Crippen LogP contribution is 2.48. The van der Waals surface area contributed by atoms with Gasteiger partial charge in [0.2, 0.25) is 0 Å². The first kappa shape index (κ1) is 23.6. The molecule has 0 bridgehead atoms. The van der Waals surface area contributed by atoms with Crippen molar-refractivity contribution < 1.29 is 0 Å². The maximum absolute atomic E-state index is 4.84. The molecule has 0 fully saturated rings. The third kappa shape index (κ3) is 5.28. The molecule has 2 atom stereocenters. The van der Waals surface area contributed by atoms with Crippen molar-refractivity contribution in [3.05, 3.63) is 112 Å².